The van der Waals surface area contributed by atoms with Crippen molar-refractivity contribution in [2.24, 2.45) is 11.8 Å². The van der Waals surface area contributed by atoms with Crippen molar-refractivity contribution in [1.82, 2.24) is 9.88 Å². The highest BCUT2D eigenvalue weighted by molar-refractivity contribution is 7.22. The van der Waals surface area contributed by atoms with Gasteiger partial charge in [0.15, 0.2) is 5.13 Å². The van der Waals surface area contributed by atoms with Crippen LogP contribution in [0.15, 0.2) is 54.6 Å². The van der Waals surface area contributed by atoms with Gasteiger partial charge in [-0.2, -0.15) is 0 Å². The Kier molecular flexibility index (Phi) is 5.13. The van der Waals surface area contributed by atoms with E-state index in [2.05, 4.69) is 4.98 Å². The number of anilines is 2. The van der Waals surface area contributed by atoms with Gasteiger partial charge in [-0.15, -0.1) is 0 Å². The number of thiazole rings is 1. The monoisotopic (exact) mass is 445 g/mol. The number of aryl methyl sites for hydroxylation is 2. The number of likely N-dealkylation sites (tertiary alicyclic amines) is 1. The number of aromatic nitrogens is 1. The topological polar surface area (TPSA) is 70.6 Å². The number of allylic oxidation sites excluding steroid dienone is 2. The van der Waals surface area contributed by atoms with E-state index in [1.165, 1.54) is 11.3 Å². The second kappa shape index (κ2) is 7.98. The van der Waals surface area contributed by atoms with Gasteiger partial charge in [0.25, 0.3) is 5.91 Å². The first-order valence-corrected chi connectivity index (χ1v) is 11.5. The Morgan fingerprint density at radius 2 is 1.66 bits per heavy atom. The number of hydrogen-bond acceptors (Lipinski definition) is 5. The molecule has 0 radical (unpaired) electrons. The number of carbonyl (C=O) groups excluding carboxylic acids is 3. The first kappa shape index (κ1) is 20.6. The lowest BCUT2D eigenvalue weighted by atomic mass is 9.85. The molecule has 1 saturated heterocycles. The van der Waals surface area contributed by atoms with Crippen molar-refractivity contribution < 1.29 is 14.4 Å². The Morgan fingerprint density at radius 1 is 1.03 bits per heavy atom. The van der Waals surface area contributed by atoms with Crippen LogP contribution in [0, 0.1) is 25.7 Å². The third-order valence-corrected chi connectivity index (χ3v) is 7.10. The summed E-state index contributed by atoms with van der Waals surface area (Å²) in [5, 5.41) is 0.527. The number of carbonyl (C=O) groups is 3. The maximum atomic E-state index is 13.6. The third kappa shape index (κ3) is 3.52. The van der Waals surface area contributed by atoms with Crippen LogP contribution in [-0.2, 0) is 14.4 Å². The number of benzene rings is 2. The maximum absolute atomic E-state index is 13.6. The summed E-state index contributed by atoms with van der Waals surface area (Å²) in [4.78, 5) is 46.8. The zero-order chi connectivity index (χ0) is 22.4. The van der Waals surface area contributed by atoms with Crippen LogP contribution in [0.4, 0.5) is 10.8 Å². The molecule has 1 aliphatic heterocycles. The van der Waals surface area contributed by atoms with Crippen molar-refractivity contribution in [3.05, 3.63) is 65.7 Å². The van der Waals surface area contributed by atoms with E-state index in [1.807, 2.05) is 68.5 Å². The van der Waals surface area contributed by atoms with Gasteiger partial charge in [-0.1, -0.05) is 41.7 Å². The quantitative estimate of drug-likeness (QED) is 0.437. The van der Waals surface area contributed by atoms with Crippen LogP contribution in [0.1, 0.15) is 24.0 Å². The Hall–Kier alpha value is -3.32. The molecular formula is C25H23N3O3S. The van der Waals surface area contributed by atoms with Crippen LogP contribution in [0.3, 0.4) is 0 Å². The number of para-hydroxylation sites is 1. The fraction of sp³-hybridized carbons (Fsp3) is 0.280. The third-order valence-electron chi connectivity index (χ3n) is 6.08. The standard InChI is InChI=1S/C25H23N3O3S/c1-15-11-16(2)13-17(12-15)28(25-26-20-9-5-6-10-21(20)32-25)22(29)14-27-23(30)18-7-3-4-8-19(18)24(27)31/h3-6,9-13,18-19H,7-8,14H2,1-2H3. The maximum Gasteiger partial charge on any atom is 0.253 e. The highest BCUT2D eigenvalue weighted by Crippen LogP contribution is 2.37. The van der Waals surface area contributed by atoms with Crippen molar-refractivity contribution in [2.75, 3.05) is 11.4 Å². The van der Waals surface area contributed by atoms with Crippen molar-refractivity contribution in [2.45, 2.75) is 26.7 Å². The smallest absolute Gasteiger partial charge is 0.253 e. The van der Waals surface area contributed by atoms with Crippen LogP contribution in [-0.4, -0.2) is 34.2 Å². The van der Waals surface area contributed by atoms with Gasteiger partial charge in [-0.3, -0.25) is 24.2 Å². The molecule has 3 amide bonds. The Balaban J connectivity index is 1.52. The minimum Gasteiger partial charge on any atom is -0.274 e. The molecule has 1 aromatic heterocycles. The SMILES string of the molecule is Cc1cc(C)cc(N(C(=O)CN2C(=O)C3CC=CCC3C2=O)c2nc3ccccc3s2)c1. The summed E-state index contributed by atoms with van der Waals surface area (Å²) >= 11 is 1.42. The molecule has 0 N–H and O–H groups in total. The summed E-state index contributed by atoms with van der Waals surface area (Å²) in [5.74, 6) is -1.54. The fourth-order valence-electron chi connectivity index (χ4n) is 4.63. The number of imide groups is 1. The van der Waals surface area contributed by atoms with Crippen LogP contribution < -0.4 is 4.90 Å². The average Bonchev–Trinajstić information content (AvgIpc) is 3.28. The fourth-order valence-corrected chi connectivity index (χ4v) is 5.63. The van der Waals surface area contributed by atoms with Gasteiger partial charge >= 0.3 is 0 Å². The summed E-state index contributed by atoms with van der Waals surface area (Å²) in [6, 6.07) is 13.6. The molecule has 0 bridgehead atoms. The van der Waals surface area contributed by atoms with Crippen molar-refractivity contribution >= 4 is 50.1 Å². The summed E-state index contributed by atoms with van der Waals surface area (Å²) in [5.41, 5.74) is 3.53. The summed E-state index contributed by atoms with van der Waals surface area (Å²) in [7, 11) is 0. The molecule has 0 spiro atoms. The molecule has 6 nitrogen and oxygen atoms in total. The molecule has 0 saturated carbocycles. The number of rotatable bonds is 4. The molecule has 5 rings (SSSR count). The average molecular weight is 446 g/mol. The van der Waals surface area contributed by atoms with E-state index in [4.69, 9.17) is 0 Å². The van der Waals surface area contributed by atoms with E-state index in [-0.39, 0.29) is 36.1 Å². The molecule has 2 unspecified atom stereocenters. The molecule has 2 aliphatic rings. The highest BCUT2D eigenvalue weighted by atomic mass is 32.1. The Labute approximate surface area is 190 Å². The predicted octanol–water partition coefficient (Wildman–Crippen LogP) is 4.53. The van der Waals surface area contributed by atoms with E-state index < -0.39 is 0 Å². The molecule has 7 heteroatoms. The highest BCUT2D eigenvalue weighted by Gasteiger charge is 2.48. The van der Waals surface area contributed by atoms with Crippen LogP contribution in [0.25, 0.3) is 10.2 Å². The van der Waals surface area contributed by atoms with Gasteiger partial charge in [-0.25, -0.2) is 4.98 Å². The van der Waals surface area contributed by atoms with E-state index in [0.717, 1.165) is 26.2 Å². The van der Waals surface area contributed by atoms with Crippen LogP contribution in [0.5, 0.6) is 0 Å². The van der Waals surface area contributed by atoms with Gasteiger partial charge in [0, 0.05) is 0 Å². The normalized spacial score (nSPS) is 20.1. The molecule has 1 aliphatic carbocycles. The zero-order valence-corrected chi connectivity index (χ0v) is 18.8. The lowest BCUT2D eigenvalue weighted by Gasteiger charge is -2.23. The largest absolute Gasteiger partial charge is 0.274 e. The van der Waals surface area contributed by atoms with Crippen LogP contribution in [0.2, 0.25) is 0 Å². The number of fused-ring (bicyclic) bond motifs is 2. The lowest BCUT2D eigenvalue weighted by molar-refractivity contribution is -0.143. The van der Waals surface area contributed by atoms with Gasteiger partial charge in [0.05, 0.1) is 27.7 Å². The predicted molar refractivity (Wildman–Crippen MR) is 125 cm³/mol. The van der Waals surface area contributed by atoms with Gasteiger partial charge < -0.3 is 0 Å². The van der Waals surface area contributed by atoms with E-state index in [9.17, 15) is 14.4 Å². The van der Waals surface area contributed by atoms with Crippen molar-refractivity contribution in [3.8, 4) is 0 Å². The van der Waals surface area contributed by atoms with E-state index in [1.54, 1.807) is 4.90 Å². The number of hydrogen-bond donors (Lipinski definition) is 0. The first-order valence-electron chi connectivity index (χ1n) is 10.7. The second-order valence-corrected chi connectivity index (χ2v) is 9.47. The molecule has 2 heterocycles. The van der Waals surface area contributed by atoms with Crippen molar-refractivity contribution in [3.63, 3.8) is 0 Å². The molecule has 32 heavy (non-hydrogen) atoms. The molecule has 2 aromatic carbocycles. The molecule has 2 atom stereocenters. The van der Waals surface area contributed by atoms with E-state index >= 15 is 0 Å². The zero-order valence-electron chi connectivity index (χ0n) is 17.9. The molecule has 1 fully saturated rings. The van der Waals surface area contributed by atoms with Gasteiger partial charge in [0.2, 0.25) is 11.8 Å². The molecular weight excluding hydrogens is 422 g/mol. The minimum atomic E-state index is -0.350. The first-order chi connectivity index (χ1) is 15.4. The number of amides is 3. The van der Waals surface area contributed by atoms with Crippen LogP contribution >= 0.6 is 11.3 Å². The molecule has 3 aromatic rings. The summed E-state index contributed by atoms with van der Waals surface area (Å²) in [6.45, 7) is 3.67. The number of nitrogens with zero attached hydrogens (tertiary/aromatic N) is 3. The molecule has 162 valence electrons. The Morgan fingerprint density at radius 3 is 2.28 bits per heavy atom. The van der Waals surface area contributed by atoms with Crippen molar-refractivity contribution in [1.29, 1.82) is 0 Å². The van der Waals surface area contributed by atoms with Gasteiger partial charge in [0.1, 0.15) is 6.54 Å². The van der Waals surface area contributed by atoms with Gasteiger partial charge in [-0.05, 0) is 62.1 Å². The summed E-state index contributed by atoms with van der Waals surface area (Å²) in [6.07, 6.45) is 5.00. The second-order valence-electron chi connectivity index (χ2n) is 8.46. The lowest BCUT2D eigenvalue weighted by Crippen LogP contribution is -2.41. The van der Waals surface area contributed by atoms with E-state index in [0.29, 0.717) is 23.7 Å². The summed E-state index contributed by atoms with van der Waals surface area (Å²) < 4.78 is 0.968. The minimum absolute atomic E-state index is 0.248. The Bertz CT molecular complexity index is 1200.